The number of nitrogens with one attached hydrogen (secondary N) is 2. The van der Waals surface area contributed by atoms with Crippen molar-refractivity contribution in [1.82, 2.24) is 14.9 Å². The largest absolute Gasteiger partial charge is 0.481 e. The average molecular weight is 302 g/mol. The van der Waals surface area contributed by atoms with Crippen LogP contribution >= 0.6 is 0 Å². The van der Waals surface area contributed by atoms with E-state index in [1.807, 2.05) is 24.3 Å². The van der Waals surface area contributed by atoms with Crippen LogP contribution in [0.25, 0.3) is 11.0 Å². The van der Waals surface area contributed by atoms with Crippen molar-refractivity contribution >= 4 is 22.8 Å². The Hall–Kier alpha value is -2.41. The molecular formula is C15H18N4O3. The molecule has 3 N–H and O–H groups in total. The predicted molar refractivity (Wildman–Crippen MR) is 83.0 cm³/mol. The normalized spacial score (nSPS) is 18.6. The number of H-pyrrole nitrogens is 1. The first-order chi connectivity index (χ1) is 10.6. The predicted octanol–water partition coefficient (Wildman–Crippen LogP) is 0.741. The Morgan fingerprint density at radius 3 is 3.05 bits per heavy atom. The molecule has 1 aliphatic rings. The summed E-state index contributed by atoms with van der Waals surface area (Å²) in [5, 5.41) is 12.0. The molecule has 2 aromatic rings. The van der Waals surface area contributed by atoms with Crippen LogP contribution < -0.4 is 10.9 Å². The molecule has 0 unspecified atom stereocenters. The molecule has 1 fully saturated rings. The summed E-state index contributed by atoms with van der Waals surface area (Å²) in [5.41, 5.74) is 1.20. The van der Waals surface area contributed by atoms with Crippen molar-refractivity contribution in [1.29, 1.82) is 0 Å². The highest BCUT2D eigenvalue weighted by atomic mass is 16.4. The Morgan fingerprint density at radius 1 is 1.45 bits per heavy atom. The summed E-state index contributed by atoms with van der Waals surface area (Å²) in [6, 6.07) is 7.37. The van der Waals surface area contributed by atoms with Crippen molar-refractivity contribution in [3.05, 3.63) is 34.6 Å². The van der Waals surface area contributed by atoms with Crippen LogP contribution in [0, 0.1) is 5.92 Å². The van der Waals surface area contributed by atoms with Gasteiger partial charge in [0.2, 0.25) is 0 Å². The van der Waals surface area contributed by atoms with Crippen LogP contribution in [0.5, 0.6) is 0 Å². The molecular weight excluding hydrogens is 284 g/mol. The molecule has 1 atom stereocenters. The number of benzene rings is 1. The second-order valence-corrected chi connectivity index (χ2v) is 5.48. The van der Waals surface area contributed by atoms with Crippen LogP contribution in [0.4, 0.5) is 5.82 Å². The number of hydrogen-bond donors (Lipinski definition) is 3. The number of anilines is 1. The van der Waals surface area contributed by atoms with Crippen LogP contribution in [0.3, 0.4) is 0 Å². The maximum atomic E-state index is 11.9. The van der Waals surface area contributed by atoms with Crippen LogP contribution in [0.15, 0.2) is 29.1 Å². The zero-order valence-corrected chi connectivity index (χ0v) is 12.1. The molecule has 0 aliphatic carbocycles. The SMILES string of the molecule is O=C(O)[C@H]1CCN(CCNc2nc3ccccc3[nH]c2=O)C1. The molecule has 1 aromatic carbocycles. The first-order valence-electron chi connectivity index (χ1n) is 7.31. The van der Waals surface area contributed by atoms with Gasteiger partial charge >= 0.3 is 5.97 Å². The Bertz CT molecular complexity index is 743. The van der Waals surface area contributed by atoms with Gasteiger partial charge in [-0.2, -0.15) is 0 Å². The van der Waals surface area contributed by atoms with E-state index in [1.54, 1.807) is 0 Å². The van der Waals surface area contributed by atoms with Crippen molar-refractivity contribution in [2.75, 3.05) is 31.5 Å². The number of rotatable bonds is 5. The van der Waals surface area contributed by atoms with Gasteiger partial charge in [-0.3, -0.25) is 9.59 Å². The van der Waals surface area contributed by atoms with Gasteiger partial charge in [-0.05, 0) is 25.1 Å². The average Bonchev–Trinajstić information content (AvgIpc) is 2.97. The smallest absolute Gasteiger partial charge is 0.307 e. The van der Waals surface area contributed by atoms with Crippen molar-refractivity contribution < 1.29 is 9.90 Å². The van der Waals surface area contributed by atoms with Gasteiger partial charge in [0.25, 0.3) is 5.56 Å². The molecule has 7 nitrogen and oxygen atoms in total. The van der Waals surface area contributed by atoms with Gasteiger partial charge in [-0.1, -0.05) is 12.1 Å². The number of nitrogens with zero attached hydrogens (tertiary/aromatic N) is 2. The second kappa shape index (κ2) is 6.15. The lowest BCUT2D eigenvalue weighted by Gasteiger charge is -2.15. The summed E-state index contributed by atoms with van der Waals surface area (Å²) in [6.45, 7) is 2.59. The van der Waals surface area contributed by atoms with Gasteiger partial charge in [0.15, 0.2) is 5.82 Å². The number of likely N-dealkylation sites (tertiary alicyclic amines) is 1. The van der Waals surface area contributed by atoms with E-state index in [2.05, 4.69) is 20.2 Å². The third kappa shape index (κ3) is 3.09. The fourth-order valence-electron chi connectivity index (χ4n) is 2.72. The van der Waals surface area contributed by atoms with Crippen molar-refractivity contribution in [3.63, 3.8) is 0 Å². The third-order valence-corrected chi connectivity index (χ3v) is 3.94. The lowest BCUT2D eigenvalue weighted by Crippen LogP contribution is -2.29. The van der Waals surface area contributed by atoms with Gasteiger partial charge in [0, 0.05) is 19.6 Å². The maximum absolute atomic E-state index is 11.9. The number of carbonyl (C=O) groups is 1. The van der Waals surface area contributed by atoms with Crippen molar-refractivity contribution in [3.8, 4) is 0 Å². The highest BCUT2D eigenvalue weighted by Crippen LogP contribution is 2.15. The highest BCUT2D eigenvalue weighted by molar-refractivity contribution is 5.75. The number of para-hydroxylation sites is 2. The summed E-state index contributed by atoms with van der Waals surface area (Å²) in [7, 11) is 0. The quantitative estimate of drug-likeness (QED) is 0.753. The molecule has 7 heteroatoms. The minimum absolute atomic E-state index is 0.247. The van der Waals surface area contributed by atoms with Gasteiger partial charge < -0.3 is 20.3 Å². The fraction of sp³-hybridized carbons (Fsp3) is 0.400. The number of aliphatic carboxylic acids is 1. The molecule has 2 heterocycles. The van der Waals surface area contributed by atoms with E-state index in [1.165, 1.54) is 0 Å². The molecule has 116 valence electrons. The van der Waals surface area contributed by atoms with Gasteiger partial charge in [-0.15, -0.1) is 0 Å². The van der Waals surface area contributed by atoms with Crippen LogP contribution in [0.2, 0.25) is 0 Å². The Kier molecular flexibility index (Phi) is 4.06. The van der Waals surface area contributed by atoms with Gasteiger partial charge in [-0.25, -0.2) is 4.98 Å². The lowest BCUT2D eigenvalue weighted by molar-refractivity contribution is -0.141. The summed E-state index contributed by atoms with van der Waals surface area (Å²) in [6.07, 6.45) is 0.685. The highest BCUT2D eigenvalue weighted by Gasteiger charge is 2.27. The molecule has 1 saturated heterocycles. The number of fused-ring (bicyclic) bond motifs is 1. The molecule has 3 rings (SSSR count). The zero-order valence-electron chi connectivity index (χ0n) is 12.1. The molecule has 0 saturated carbocycles. The number of carboxylic acid groups (broad SMARTS) is 1. The van der Waals surface area contributed by atoms with E-state index < -0.39 is 5.97 Å². The standard InChI is InChI=1S/C15H18N4O3/c20-14-13(17-11-3-1-2-4-12(11)18-14)16-6-8-19-7-5-10(9-19)15(21)22/h1-4,10H,5-9H2,(H,16,17)(H,18,20)(H,21,22)/t10-/m0/s1. The van der Waals surface area contributed by atoms with E-state index in [-0.39, 0.29) is 11.5 Å². The summed E-state index contributed by atoms with van der Waals surface area (Å²) in [5.74, 6) is -0.710. The Morgan fingerprint density at radius 2 is 2.27 bits per heavy atom. The maximum Gasteiger partial charge on any atom is 0.307 e. The summed E-state index contributed by atoms with van der Waals surface area (Å²) >= 11 is 0. The summed E-state index contributed by atoms with van der Waals surface area (Å²) in [4.78, 5) is 32.0. The number of hydrogen-bond acceptors (Lipinski definition) is 5. The Balaban J connectivity index is 1.59. The van der Waals surface area contributed by atoms with E-state index in [9.17, 15) is 9.59 Å². The molecule has 22 heavy (non-hydrogen) atoms. The zero-order chi connectivity index (χ0) is 15.5. The minimum Gasteiger partial charge on any atom is -0.481 e. The molecule has 0 radical (unpaired) electrons. The van der Waals surface area contributed by atoms with Crippen molar-refractivity contribution in [2.45, 2.75) is 6.42 Å². The fourth-order valence-corrected chi connectivity index (χ4v) is 2.72. The first kappa shape index (κ1) is 14.5. The Labute approximate surface area is 127 Å². The third-order valence-electron chi connectivity index (χ3n) is 3.94. The lowest BCUT2D eigenvalue weighted by atomic mass is 10.1. The molecule has 0 spiro atoms. The molecule has 0 bridgehead atoms. The van der Waals surface area contributed by atoms with Crippen LogP contribution in [0.1, 0.15) is 6.42 Å². The first-order valence-corrected chi connectivity index (χ1v) is 7.31. The van der Waals surface area contributed by atoms with Crippen LogP contribution in [-0.4, -0.2) is 52.1 Å². The monoisotopic (exact) mass is 302 g/mol. The second-order valence-electron chi connectivity index (χ2n) is 5.48. The summed E-state index contributed by atoms with van der Waals surface area (Å²) < 4.78 is 0. The van der Waals surface area contributed by atoms with Crippen LogP contribution in [-0.2, 0) is 4.79 Å². The van der Waals surface area contributed by atoms with Crippen molar-refractivity contribution in [2.24, 2.45) is 5.92 Å². The number of carboxylic acids is 1. The molecule has 1 aromatic heterocycles. The number of aromatic amines is 1. The van der Waals surface area contributed by atoms with E-state index in [4.69, 9.17) is 5.11 Å². The van der Waals surface area contributed by atoms with E-state index in [0.29, 0.717) is 37.4 Å². The minimum atomic E-state index is -0.733. The van der Waals surface area contributed by atoms with Gasteiger partial charge in [0.1, 0.15) is 0 Å². The van der Waals surface area contributed by atoms with E-state index >= 15 is 0 Å². The number of aromatic nitrogens is 2. The molecule has 0 amide bonds. The van der Waals surface area contributed by atoms with Gasteiger partial charge in [0.05, 0.1) is 17.0 Å². The topological polar surface area (TPSA) is 98.3 Å². The van der Waals surface area contributed by atoms with E-state index in [0.717, 1.165) is 12.1 Å². The molecule has 1 aliphatic heterocycles.